The van der Waals surface area contributed by atoms with Crippen molar-refractivity contribution < 1.29 is 9.90 Å². The smallest absolute Gasteiger partial charge is 0.268 e. The highest BCUT2D eigenvalue weighted by Gasteiger charge is 2.28. The summed E-state index contributed by atoms with van der Waals surface area (Å²) in [6, 6.07) is 2.08. The van der Waals surface area contributed by atoms with E-state index in [1.807, 2.05) is 10.8 Å². The van der Waals surface area contributed by atoms with Gasteiger partial charge in [0.15, 0.2) is 0 Å². The first-order chi connectivity index (χ1) is 8.93. The second-order valence-electron chi connectivity index (χ2n) is 5.29. The molecule has 0 aliphatic heterocycles. The highest BCUT2D eigenvalue weighted by Crippen LogP contribution is 2.37. The fourth-order valence-electron chi connectivity index (χ4n) is 2.01. The monoisotopic (exact) mass is 302 g/mol. The number of rotatable bonds is 6. The molecule has 0 saturated heterocycles. The van der Waals surface area contributed by atoms with Crippen LogP contribution in [-0.2, 0) is 0 Å². The number of aromatic nitrogens is 1. The molecule has 1 amide bonds. The first kappa shape index (κ1) is 14.8. The molecule has 4 nitrogen and oxygen atoms in total. The van der Waals surface area contributed by atoms with Crippen molar-refractivity contribution in [3.8, 4) is 0 Å². The second-order valence-corrected chi connectivity index (χ2v) is 6.60. The van der Waals surface area contributed by atoms with Crippen LogP contribution in [0.25, 0.3) is 0 Å². The highest BCUT2D eigenvalue weighted by atomic mass is 35.5. The number of hydrogen-bond acceptors (Lipinski definition) is 3. The maximum atomic E-state index is 12.2. The Labute approximate surface area is 122 Å². The lowest BCUT2D eigenvalue weighted by Gasteiger charge is -2.22. The van der Waals surface area contributed by atoms with Gasteiger partial charge >= 0.3 is 0 Å². The standard InChI is InChI=1S/C13H19ClN2O2S/c1-13(18,8-19-2)7-15-12(17)11-5-9(14)6-16(11)10-3-4-10/h5-6,10,18H,3-4,7-8H2,1-2H3,(H,15,17). The summed E-state index contributed by atoms with van der Waals surface area (Å²) < 4.78 is 1.93. The van der Waals surface area contributed by atoms with Crippen LogP contribution in [0.3, 0.4) is 0 Å². The Hall–Kier alpha value is -0.650. The van der Waals surface area contributed by atoms with E-state index in [1.54, 1.807) is 30.9 Å². The molecule has 1 atom stereocenters. The molecule has 19 heavy (non-hydrogen) atoms. The molecule has 2 N–H and O–H groups in total. The van der Waals surface area contributed by atoms with Crippen LogP contribution in [0.1, 0.15) is 36.3 Å². The van der Waals surface area contributed by atoms with Crippen LogP contribution in [0.15, 0.2) is 12.3 Å². The zero-order chi connectivity index (χ0) is 14.0. The minimum Gasteiger partial charge on any atom is -0.387 e. The number of aliphatic hydroxyl groups is 1. The number of nitrogens with zero attached hydrogens (tertiary/aromatic N) is 1. The first-order valence-corrected chi connectivity index (χ1v) is 8.07. The molecule has 1 aromatic heterocycles. The fraction of sp³-hybridized carbons (Fsp3) is 0.615. The van der Waals surface area contributed by atoms with Crippen LogP contribution in [0.5, 0.6) is 0 Å². The van der Waals surface area contributed by atoms with Gasteiger partial charge in [-0.2, -0.15) is 11.8 Å². The predicted octanol–water partition coefficient (Wildman–Crippen LogP) is 2.32. The van der Waals surface area contributed by atoms with E-state index in [4.69, 9.17) is 11.6 Å². The third kappa shape index (κ3) is 3.91. The lowest BCUT2D eigenvalue weighted by molar-refractivity contribution is 0.0720. The van der Waals surface area contributed by atoms with Gasteiger partial charge in [0.05, 0.1) is 10.6 Å². The van der Waals surface area contributed by atoms with Crippen molar-refractivity contribution in [2.24, 2.45) is 0 Å². The number of amides is 1. The Balaban J connectivity index is 2.00. The molecule has 106 valence electrons. The van der Waals surface area contributed by atoms with E-state index in [0.717, 1.165) is 12.8 Å². The molecule has 0 spiro atoms. The van der Waals surface area contributed by atoms with Crippen molar-refractivity contribution in [1.82, 2.24) is 9.88 Å². The maximum Gasteiger partial charge on any atom is 0.268 e. The molecule has 6 heteroatoms. The third-order valence-electron chi connectivity index (χ3n) is 3.07. The molecule has 1 aromatic rings. The van der Waals surface area contributed by atoms with E-state index in [9.17, 15) is 9.90 Å². The van der Waals surface area contributed by atoms with Gasteiger partial charge in [-0.1, -0.05) is 11.6 Å². The summed E-state index contributed by atoms with van der Waals surface area (Å²) in [5, 5.41) is 13.4. The number of thioether (sulfide) groups is 1. The van der Waals surface area contributed by atoms with E-state index < -0.39 is 5.60 Å². The largest absolute Gasteiger partial charge is 0.387 e. The molecule has 1 fully saturated rings. The van der Waals surface area contributed by atoms with Gasteiger partial charge in [0.25, 0.3) is 5.91 Å². The van der Waals surface area contributed by atoms with Crippen LogP contribution in [-0.4, -0.2) is 39.7 Å². The van der Waals surface area contributed by atoms with Gasteiger partial charge in [-0.05, 0) is 32.1 Å². The summed E-state index contributed by atoms with van der Waals surface area (Å²) in [5.41, 5.74) is -0.317. The lowest BCUT2D eigenvalue weighted by atomic mass is 10.1. The maximum absolute atomic E-state index is 12.2. The van der Waals surface area contributed by atoms with E-state index >= 15 is 0 Å². The van der Waals surface area contributed by atoms with E-state index in [-0.39, 0.29) is 12.5 Å². The van der Waals surface area contributed by atoms with Gasteiger partial charge in [0.2, 0.25) is 0 Å². The molecule has 0 aromatic carbocycles. The van der Waals surface area contributed by atoms with E-state index in [0.29, 0.717) is 22.5 Å². The lowest BCUT2D eigenvalue weighted by Crippen LogP contribution is -2.42. The highest BCUT2D eigenvalue weighted by molar-refractivity contribution is 7.98. The summed E-state index contributed by atoms with van der Waals surface area (Å²) in [7, 11) is 0. The van der Waals surface area contributed by atoms with Gasteiger partial charge in [0.1, 0.15) is 5.69 Å². The number of nitrogens with one attached hydrogen (secondary N) is 1. The summed E-state index contributed by atoms with van der Waals surface area (Å²) in [6.07, 6.45) is 5.91. The number of halogens is 1. The zero-order valence-corrected chi connectivity index (χ0v) is 12.7. The normalized spacial score (nSPS) is 18.1. The summed E-state index contributed by atoms with van der Waals surface area (Å²) in [4.78, 5) is 12.2. The first-order valence-electron chi connectivity index (χ1n) is 6.30. The Morgan fingerprint density at radius 3 is 2.95 bits per heavy atom. The molecule has 1 unspecified atom stereocenters. The summed E-state index contributed by atoms with van der Waals surface area (Å²) in [5.74, 6) is 0.401. The van der Waals surface area contributed by atoms with Crippen LogP contribution in [0, 0.1) is 0 Å². The molecule has 2 rings (SSSR count). The Morgan fingerprint density at radius 2 is 2.37 bits per heavy atom. The molecule has 1 heterocycles. The number of carbonyl (C=O) groups excluding carboxylic acids is 1. The number of hydrogen-bond donors (Lipinski definition) is 2. The van der Waals surface area contributed by atoms with Crippen LogP contribution in [0.2, 0.25) is 5.02 Å². The van der Waals surface area contributed by atoms with Crippen LogP contribution < -0.4 is 5.32 Å². The zero-order valence-electron chi connectivity index (χ0n) is 11.1. The molecule has 0 bridgehead atoms. The molecular formula is C13H19ClN2O2S. The van der Waals surface area contributed by atoms with Crippen molar-refractivity contribution >= 4 is 29.3 Å². The van der Waals surface area contributed by atoms with Crippen molar-refractivity contribution in [1.29, 1.82) is 0 Å². The third-order valence-corrected chi connectivity index (χ3v) is 4.19. The Kier molecular flexibility index (Phi) is 4.48. The van der Waals surface area contributed by atoms with Crippen molar-refractivity contribution in [2.75, 3.05) is 18.6 Å². The minimum absolute atomic E-state index is 0.180. The average molecular weight is 303 g/mol. The summed E-state index contributed by atoms with van der Waals surface area (Å²) in [6.45, 7) is 1.96. The fourth-order valence-corrected chi connectivity index (χ4v) is 2.94. The second kappa shape index (κ2) is 5.77. The Morgan fingerprint density at radius 1 is 1.68 bits per heavy atom. The average Bonchev–Trinajstić information content (AvgIpc) is 3.09. The van der Waals surface area contributed by atoms with Gasteiger partial charge in [-0.3, -0.25) is 4.79 Å². The summed E-state index contributed by atoms with van der Waals surface area (Å²) >= 11 is 7.52. The SMILES string of the molecule is CSCC(C)(O)CNC(=O)c1cc(Cl)cn1C1CC1. The number of carbonyl (C=O) groups is 1. The van der Waals surface area contributed by atoms with E-state index in [1.165, 1.54) is 0 Å². The van der Waals surface area contributed by atoms with E-state index in [2.05, 4.69) is 5.32 Å². The van der Waals surface area contributed by atoms with Crippen molar-refractivity contribution in [3.63, 3.8) is 0 Å². The van der Waals surface area contributed by atoms with Crippen LogP contribution >= 0.6 is 23.4 Å². The van der Waals surface area contributed by atoms with Gasteiger partial charge in [-0.25, -0.2) is 0 Å². The van der Waals surface area contributed by atoms with Gasteiger partial charge in [0, 0.05) is 24.5 Å². The van der Waals surface area contributed by atoms with Gasteiger partial charge < -0.3 is 15.0 Å². The quantitative estimate of drug-likeness (QED) is 0.848. The van der Waals surface area contributed by atoms with Crippen molar-refractivity contribution in [2.45, 2.75) is 31.4 Å². The molecule has 1 saturated carbocycles. The molecule has 0 radical (unpaired) electrons. The minimum atomic E-state index is -0.893. The topological polar surface area (TPSA) is 54.3 Å². The Bertz CT molecular complexity index is 469. The molecule has 1 aliphatic carbocycles. The predicted molar refractivity (Wildman–Crippen MR) is 79.1 cm³/mol. The van der Waals surface area contributed by atoms with Gasteiger partial charge in [-0.15, -0.1) is 0 Å². The van der Waals surface area contributed by atoms with Crippen LogP contribution in [0.4, 0.5) is 0 Å². The molecular weight excluding hydrogens is 284 g/mol. The molecule has 1 aliphatic rings. The van der Waals surface area contributed by atoms with Crippen molar-refractivity contribution in [3.05, 3.63) is 23.0 Å².